The third-order valence-electron chi connectivity index (χ3n) is 1.90. The molecule has 4 atom stereocenters. The maximum Gasteiger partial charge on any atom is 0.0828 e. The first-order chi connectivity index (χ1) is 5.54. The number of rotatable bonds is 5. The van der Waals surface area contributed by atoms with Crippen LogP contribution in [0.1, 0.15) is 0 Å². The van der Waals surface area contributed by atoms with Gasteiger partial charge in [-0.15, -0.1) is 0 Å². The average molecular weight is 177 g/mol. The summed E-state index contributed by atoms with van der Waals surface area (Å²) in [6, 6.07) is -1.54. The molecule has 0 heterocycles. The van der Waals surface area contributed by atoms with E-state index in [1.165, 1.54) is 0 Å². The van der Waals surface area contributed by atoms with Crippen LogP contribution in [0.15, 0.2) is 0 Å². The molecule has 0 aromatic rings. The van der Waals surface area contributed by atoms with Crippen molar-refractivity contribution in [1.29, 1.82) is 0 Å². The predicted octanol–water partition coefficient (Wildman–Crippen LogP) is -3.75. The lowest BCUT2D eigenvalue weighted by atomic mass is 9.98. The van der Waals surface area contributed by atoms with Crippen LogP contribution >= 0.6 is 0 Å². The number of nitrogens with two attached hydrogens (primary N) is 5. The van der Waals surface area contributed by atoms with Crippen molar-refractivity contribution in [1.82, 2.24) is 0 Å². The molecular weight excluding hydrogens is 158 g/mol. The van der Waals surface area contributed by atoms with E-state index in [4.69, 9.17) is 28.7 Å². The fourth-order valence-electron chi connectivity index (χ4n) is 0.856. The Morgan fingerprint density at radius 3 is 1.75 bits per heavy atom. The molecule has 6 heteroatoms. The normalized spacial score (nSPS) is 21.5. The number of hydrogen-bond donors (Lipinski definition) is 6. The fraction of sp³-hybridized carbons (Fsp3) is 1.00. The lowest BCUT2D eigenvalue weighted by Gasteiger charge is -2.27. The minimum Gasteiger partial charge on any atom is -0.390 e. The SMILES string of the molecule is NCC(N)C(N)C(N)C(O)CN. The molecule has 11 N–H and O–H groups in total. The van der Waals surface area contributed by atoms with E-state index in [0.717, 1.165) is 0 Å². The van der Waals surface area contributed by atoms with E-state index in [9.17, 15) is 5.11 Å². The van der Waals surface area contributed by atoms with Crippen LogP contribution in [0.2, 0.25) is 0 Å². The first kappa shape index (κ1) is 11.8. The lowest BCUT2D eigenvalue weighted by Crippen LogP contribution is -2.61. The van der Waals surface area contributed by atoms with Gasteiger partial charge in [0.15, 0.2) is 0 Å². The van der Waals surface area contributed by atoms with E-state index in [1.54, 1.807) is 0 Å². The topological polar surface area (TPSA) is 150 Å². The molecule has 0 aromatic heterocycles. The Hall–Kier alpha value is -0.240. The molecule has 0 spiro atoms. The summed E-state index contributed by atoms with van der Waals surface area (Å²) in [4.78, 5) is 0. The van der Waals surface area contributed by atoms with Crippen molar-refractivity contribution in [2.75, 3.05) is 13.1 Å². The molecule has 0 bridgehead atoms. The number of aliphatic hydroxyl groups is 1. The Morgan fingerprint density at radius 1 is 0.917 bits per heavy atom. The zero-order valence-electron chi connectivity index (χ0n) is 7.06. The van der Waals surface area contributed by atoms with Gasteiger partial charge in [-0.1, -0.05) is 0 Å². The van der Waals surface area contributed by atoms with Crippen LogP contribution in [0.25, 0.3) is 0 Å². The van der Waals surface area contributed by atoms with Crippen molar-refractivity contribution in [3.05, 3.63) is 0 Å². The molecule has 0 saturated carbocycles. The van der Waals surface area contributed by atoms with Crippen molar-refractivity contribution in [2.24, 2.45) is 28.7 Å². The van der Waals surface area contributed by atoms with Crippen LogP contribution in [0.5, 0.6) is 0 Å². The van der Waals surface area contributed by atoms with Gasteiger partial charge in [0, 0.05) is 31.2 Å². The predicted molar refractivity (Wildman–Crippen MR) is 48.0 cm³/mol. The van der Waals surface area contributed by atoms with Crippen molar-refractivity contribution in [3.63, 3.8) is 0 Å². The van der Waals surface area contributed by atoms with Gasteiger partial charge in [-0.05, 0) is 0 Å². The lowest BCUT2D eigenvalue weighted by molar-refractivity contribution is 0.135. The summed E-state index contributed by atoms with van der Waals surface area (Å²) in [5, 5.41) is 9.21. The standard InChI is InChI=1S/C6H19N5O/c7-1-3(9)5(10)6(11)4(12)2-8/h3-6,12H,1-2,7-11H2. The minimum absolute atomic E-state index is 0.0756. The van der Waals surface area contributed by atoms with Gasteiger partial charge in [0.05, 0.1) is 6.10 Å². The van der Waals surface area contributed by atoms with Gasteiger partial charge in [0.2, 0.25) is 0 Å². The van der Waals surface area contributed by atoms with E-state index in [2.05, 4.69) is 0 Å². The van der Waals surface area contributed by atoms with Gasteiger partial charge in [-0.2, -0.15) is 0 Å². The Bertz CT molecular complexity index is 109. The van der Waals surface area contributed by atoms with E-state index in [-0.39, 0.29) is 13.1 Å². The second kappa shape index (κ2) is 5.41. The van der Waals surface area contributed by atoms with Crippen molar-refractivity contribution < 1.29 is 5.11 Å². The first-order valence-corrected chi connectivity index (χ1v) is 3.89. The molecule has 6 nitrogen and oxygen atoms in total. The van der Waals surface area contributed by atoms with Crippen LogP contribution in [0, 0.1) is 0 Å². The zero-order chi connectivity index (χ0) is 9.72. The van der Waals surface area contributed by atoms with E-state index < -0.39 is 24.2 Å². The summed E-state index contributed by atoms with van der Waals surface area (Å²) in [6.07, 6.45) is -0.822. The largest absolute Gasteiger partial charge is 0.390 e. The third-order valence-corrected chi connectivity index (χ3v) is 1.90. The molecule has 0 rings (SSSR count). The molecule has 74 valence electrons. The summed E-state index contributed by atoms with van der Waals surface area (Å²) in [7, 11) is 0. The van der Waals surface area contributed by atoms with Gasteiger partial charge in [-0.25, -0.2) is 0 Å². The molecule has 0 aliphatic rings. The molecule has 4 unspecified atom stereocenters. The first-order valence-electron chi connectivity index (χ1n) is 3.89. The second-order valence-corrected chi connectivity index (χ2v) is 2.86. The van der Waals surface area contributed by atoms with Gasteiger partial charge in [-0.3, -0.25) is 0 Å². The van der Waals surface area contributed by atoms with Crippen molar-refractivity contribution in [2.45, 2.75) is 24.2 Å². The highest BCUT2D eigenvalue weighted by Crippen LogP contribution is 1.96. The zero-order valence-corrected chi connectivity index (χ0v) is 7.06. The molecule has 0 aliphatic heterocycles. The maximum absolute atomic E-state index is 9.21. The Morgan fingerprint density at radius 2 is 1.42 bits per heavy atom. The van der Waals surface area contributed by atoms with Crippen LogP contribution in [0.3, 0.4) is 0 Å². The highest BCUT2D eigenvalue weighted by atomic mass is 16.3. The van der Waals surface area contributed by atoms with Gasteiger partial charge >= 0.3 is 0 Å². The summed E-state index contributed by atoms with van der Waals surface area (Å²) in [5.74, 6) is 0. The van der Waals surface area contributed by atoms with Crippen LogP contribution < -0.4 is 28.7 Å². The smallest absolute Gasteiger partial charge is 0.0828 e. The van der Waals surface area contributed by atoms with Crippen LogP contribution in [-0.4, -0.2) is 42.4 Å². The van der Waals surface area contributed by atoms with Crippen LogP contribution in [-0.2, 0) is 0 Å². The number of hydrogen-bond acceptors (Lipinski definition) is 6. The summed E-state index contributed by atoms with van der Waals surface area (Å²) < 4.78 is 0. The van der Waals surface area contributed by atoms with E-state index >= 15 is 0 Å². The molecule has 0 aromatic carbocycles. The van der Waals surface area contributed by atoms with Crippen molar-refractivity contribution >= 4 is 0 Å². The highest BCUT2D eigenvalue weighted by Gasteiger charge is 2.24. The molecular formula is C6H19N5O. The molecule has 12 heavy (non-hydrogen) atoms. The van der Waals surface area contributed by atoms with E-state index in [1.807, 2.05) is 0 Å². The van der Waals surface area contributed by atoms with Crippen LogP contribution in [0.4, 0.5) is 0 Å². The molecule has 0 amide bonds. The van der Waals surface area contributed by atoms with Crippen molar-refractivity contribution in [3.8, 4) is 0 Å². The maximum atomic E-state index is 9.21. The van der Waals surface area contributed by atoms with E-state index in [0.29, 0.717) is 0 Å². The van der Waals surface area contributed by atoms with Gasteiger partial charge in [0.25, 0.3) is 0 Å². The Balaban J connectivity index is 3.99. The molecule has 0 fully saturated rings. The summed E-state index contributed by atoms with van der Waals surface area (Å²) in [6.45, 7) is 0.318. The van der Waals surface area contributed by atoms with Gasteiger partial charge in [0.1, 0.15) is 0 Å². The Kier molecular flexibility index (Phi) is 5.31. The average Bonchev–Trinajstić information content (AvgIpc) is 2.12. The quantitative estimate of drug-likeness (QED) is 0.254. The minimum atomic E-state index is -0.822. The summed E-state index contributed by atoms with van der Waals surface area (Å²) >= 11 is 0. The fourth-order valence-corrected chi connectivity index (χ4v) is 0.856. The van der Waals surface area contributed by atoms with Gasteiger partial charge < -0.3 is 33.8 Å². The molecule has 0 radical (unpaired) electrons. The second-order valence-electron chi connectivity index (χ2n) is 2.86. The summed E-state index contributed by atoms with van der Waals surface area (Å²) in [5.41, 5.74) is 27.2. The molecule has 0 aliphatic carbocycles. The monoisotopic (exact) mass is 177 g/mol. The number of aliphatic hydroxyl groups excluding tert-OH is 1. The highest BCUT2D eigenvalue weighted by molar-refractivity contribution is 4.90. The third kappa shape index (κ3) is 3.02. The Labute approximate surface area is 72.1 Å². The molecule has 0 saturated heterocycles.